The van der Waals surface area contributed by atoms with Crippen LogP contribution in [0.4, 0.5) is 0 Å². The van der Waals surface area contributed by atoms with Crippen molar-refractivity contribution in [1.82, 2.24) is 10.2 Å². The lowest BCUT2D eigenvalue weighted by molar-refractivity contribution is 0.160. The van der Waals surface area contributed by atoms with Gasteiger partial charge in [-0.3, -0.25) is 0 Å². The van der Waals surface area contributed by atoms with E-state index < -0.39 is 9.84 Å². The van der Waals surface area contributed by atoms with Crippen LogP contribution in [0.2, 0.25) is 0 Å². The average molecular weight is 290 g/mol. The van der Waals surface area contributed by atoms with Gasteiger partial charge in [0.25, 0.3) is 0 Å². The lowest BCUT2D eigenvalue weighted by atomic mass is 9.86. The van der Waals surface area contributed by atoms with E-state index in [1.165, 1.54) is 0 Å². The van der Waals surface area contributed by atoms with E-state index in [4.69, 9.17) is 0 Å². The number of nitrogens with one attached hydrogen (secondary N) is 1. The topological polar surface area (TPSA) is 49.4 Å². The van der Waals surface area contributed by atoms with E-state index in [0.29, 0.717) is 24.1 Å². The molecule has 19 heavy (non-hydrogen) atoms. The van der Waals surface area contributed by atoms with Gasteiger partial charge in [-0.05, 0) is 24.8 Å². The van der Waals surface area contributed by atoms with Gasteiger partial charge in [-0.15, -0.1) is 0 Å². The smallest absolute Gasteiger partial charge is 0.151 e. The molecule has 5 heteroatoms. The molecule has 0 saturated carbocycles. The molecule has 0 aliphatic carbocycles. The summed E-state index contributed by atoms with van der Waals surface area (Å²) in [5, 5.41) is 3.51. The molecular formula is C14H30N2O2S. The highest BCUT2D eigenvalue weighted by Gasteiger charge is 2.27. The summed E-state index contributed by atoms with van der Waals surface area (Å²) in [5.74, 6) is 0.682. The molecule has 1 atom stereocenters. The van der Waals surface area contributed by atoms with Crippen molar-refractivity contribution >= 4 is 9.84 Å². The molecule has 0 amide bonds. The zero-order valence-corrected chi connectivity index (χ0v) is 13.7. The fourth-order valence-corrected chi connectivity index (χ4v) is 3.74. The minimum Gasteiger partial charge on any atom is -0.314 e. The molecule has 4 nitrogen and oxygen atoms in total. The molecule has 1 rings (SSSR count). The van der Waals surface area contributed by atoms with Crippen LogP contribution in [0.1, 0.15) is 40.5 Å². The summed E-state index contributed by atoms with van der Waals surface area (Å²) in [6.07, 6.45) is 1.88. The largest absolute Gasteiger partial charge is 0.314 e. The van der Waals surface area contributed by atoms with Gasteiger partial charge in [0.15, 0.2) is 9.84 Å². The Hall–Kier alpha value is -0.130. The Kier molecular flexibility index (Phi) is 6.27. The van der Waals surface area contributed by atoms with Gasteiger partial charge < -0.3 is 10.2 Å². The summed E-state index contributed by atoms with van der Waals surface area (Å²) in [4.78, 5) is 2.33. The third-order valence-corrected chi connectivity index (χ3v) is 5.76. The third kappa shape index (κ3) is 6.23. The van der Waals surface area contributed by atoms with E-state index in [0.717, 1.165) is 32.5 Å². The minimum absolute atomic E-state index is 0.221. The Morgan fingerprint density at radius 1 is 1.26 bits per heavy atom. The molecule has 0 aromatic rings. The quantitative estimate of drug-likeness (QED) is 0.806. The fraction of sp³-hybridized carbons (Fsp3) is 1.00. The molecule has 0 aromatic heterocycles. The summed E-state index contributed by atoms with van der Waals surface area (Å²) in [6.45, 7) is 12.4. The molecule has 0 radical (unpaired) electrons. The Morgan fingerprint density at radius 2 is 1.95 bits per heavy atom. The van der Waals surface area contributed by atoms with Crippen LogP contribution in [0.25, 0.3) is 0 Å². The number of hydrogen-bond donors (Lipinski definition) is 1. The van der Waals surface area contributed by atoms with Gasteiger partial charge in [0.05, 0.1) is 11.5 Å². The van der Waals surface area contributed by atoms with Crippen molar-refractivity contribution in [2.75, 3.05) is 37.7 Å². The monoisotopic (exact) mass is 290 g/mol. The van der Waals surface area contributed by atoms with E-state index in [9.17, 15) is 8.42 Å². The lowest BCUT2D eigenvalue weighted by Crippen LogP contribution is -2.44. The Balaban J connectivity index is 2.55. The minimum atomic E-state index is -2.80. The molecule has 1 heterocycles. The first-order valence-corrected chi connectivity index (χ1v) is 9.25. The Morgan fingerprint density at radius 3 is 2.53 bits per heavy atom. The van der Waals surface area contributed by atoms with Crippen LogP contribution in [0.5, 0.6) is 0 Å². The number of nitrogens with zero attached hydrogens (tertiary/aromatic N) is 1. The van der Waals surface area contributed by atoms with E-state index >= 15 is 0 Å². The van der Waals surface area contributed by atoms with Crippen LogP contribution in [0.15, 0.2) is 0 Å². The van der Waals surface area contributed by atoms with Crippen molar-refractivity contribution in [2.45, 2.75) is 46.6 Å². The van der Waals surface area contributed by atoms with Crippen LogP contribution in [0.3, 0.4) is 0 Å². The SMILES string of the molecule is CCC(C)(CNC(C)C)CN1CCCS(=O)(=O)CC1. The summed E-state index contributed by atoms with van der Waals surface area (Å²) in [7, 11) is -2.80. The van der Waals surface area contributed by atoms with Crippen molar-refractivity contribution in [3.05, 3.63) is 0 Å². The molecular weight excluding hydrogens is 260 g/mol. The molecule has 0 spiro atoms. The van der Waals surface area contributed by atoms with Gasteiger partial charge in [0.1, 0.15) is 0 Å². The maximum Gasteiger partial charge on any atom is 0.151 e. The first-order chi connectivity index (χ1) is 8.76. The summed E-state index contributed by atoms with van der Waals surface area (Å²) in [5.41, 5.74) is 0.221. The zero-order chi connectivity index (χ0) is 14.5. The molecule has 1 aliphatic rings. The second kappa shape index (κ2) is 7.04. The highest BCUT2D eigenvalue weighted by atomic mass is 32.2. The van der Waals surface area contributed by atoms with Gasteiger partial charge in [0.2, 0.25) is 0 Å². The molecule has 1 saturated heterocycles. The van der Waals surface area contributed by atoms with Gasteiger partial charge in [-0.2, -0.15) is 0 Å². The van der Waals surface area contributed by atoms with E-state index in [1.807, 2.05) is 0 Å². The predicted octanol–water partition coefficient (Wildman–Crippen LogP) is 1.52. The van der Waals surface area contributed by atoms with Crippen LogP contribution < -0.4 is 5.32 Å². The number of sulfone groups is 1. The normalized spacial score (nSPS) is 24.1. The lowest BCUT2D eigenvalue weighted by Gasteiger charge is -2.35. The van der Waals surface area contributed by atoms with Crippen molar-refractivity contribution in [3.63, 3.8) is 0 Å². The molecule has 0 bridgehead atoms. The fourth-order valence-electron chi connectivity index (χ4n) is 2.43. The van der Waals surface area contributed by atoms with Crippen LogP contribution >= 0.6 is 0 Å². The van der Waals surface area contributed by atoms with Gasteiger partial charge in [0, 0.05) is 25.7 Å². The second-order valence-corrected chi connectivity index (χ2v) is 8.78. The summed E-state index contributed by atoms with van der Waals surface area (Å²) in [6, 6.07) is 0.496. The predicted molar refractivity (Wildman–Crippen MR) is 81.2 cm³/mol. The molecule has 114 valence electrons. The summed E-state index contributed by atoms with van der Waals surface area (Å²) >= 11 is 0. The van der Waals surface area contributed by atoms with E-state index in [-0.39, 0.29) is 5.41 Å². The zero-order valence-electron chi connectivity index (χ0n) is 12.9. The standard InChI is InChI=1S/C14H30N2O2S/c1-5-14(4,11-15-13(2)3)12-16-7-6-9-19(17,18)10-8-16/h13,15H,5-12H2,1-4H3. The van der Waals surface area contributed by atoms with Crippen molar-refractivity contribution in [3.8, 4) is 0 Å². The van der Waals surface area contributed by atoms with Crippen molar-refractivity contribution in [2.24, 2.45) is 5.41 Å². The third-order valence-electron chi connectivity index (χ3n) is 4.04. The first kappa shape index (κ1) is 16.9. The highest BCUT2D eigenvalue weighted by Crippen LogP contribution is 2.23. The maximum absolute atomic E-state index is 11.6. The van der Waals surface area contributed by atoms with Crippen LogP contribution in [-0.2, 0) is 9.84 Å². The van der Waals surface area contributed by atoms with Crippen molar-refractivity contribution in [1.29, 1.82) is 0 Å². The molecule has 1 unspecified atom stereocenters. The maximum atomic E-state index is 11.6. The summed E-state index contributed by atoms with van der Waals surface area (Å²) < 4.78 is 23.3. The van der Waals surface area contributed by atoms with Crippen LogP contribution in [0, 0.1) is 5.41 Å². The van der Waals surface area contributed by atoms with E-state index in [1.54, 1.807) is 0 Å². The Labute approximate surface area is 118 Å². The van der Waals surface area contributed by atoms with Gasteiger partial charge >= 0.3 is 0 Å². The molecule has 1 fully saturated rings. The Bertz CT molecular complexity index is 368. The van der Waals surface area contributed by atoms with E-state index in [2.05, 4.69) is 37.9 Å². The number of rotatable bonds is 6. The second-order valence-electron chi connectivity index (χ2n) is 6.48. The molecule has 0 aromatic carbocycles. The molecule has 1 aliphatic heterocycles. The van der Waals surface area contributed by atoms with Crippen LogP contribution in [-0.4, -0.2) is 57.0 Å². The highest BCUT2D eigenvalue weighted by molar-refractivity contribution is 7.91. The molecule has 1 N–H and O–H groups in total. The average Bonchev–Trinajstić information content (AvgIpc) is 2.49. The van der Waals surface area contributed by atoms with Gasteiger partial charge in [-0.25, -0.2) is 8.42 Å². The first-order valence-electron chi connectivity index (χ1n) is 7.42. The van der Waals surface area contributed by atoms with Crippen molar-refractivity contribution < 1.29 is 8.42 Å². The van der Waals surface area contributed by atoms with Gasteiger partial charge in [-0.1, -0.05) is 27.7 Å². The number of hydrogen-bond acceptors (Lipinski definition) is 4.